The summed E-state index contributed by atoms with van der Waals surface area (Å²) in [6.07, 6.45) is 3.67. The largest absolute Gasteiger partial charge is 0.229 e. The van der Waals surface area contributed by atoms with Gasteiger partial charge in [0.25, 0.3) is 0 Å². The summed E-state index contributed by atoms with van der Waals surface area (Å²) >= 11 is 4.63. The molecule has 0 N–H and O–H groups in total. The minimum Gasteiger partial charge on any atom is -0.229 e. The highest BCUT2D eigenvalue weighted by Gasteiger charge is 2.31. The van der Waals surface area contributed by atoms with Gasteiger partial charge >= 0.3 is 0 Å². The fourth-order valence-electron chi connectivity index (χ4n) is 2.47. The molecule has 12 heavy (non-hydrogen) atoms. The van der Waals surface area contributed by atoms with Crippen LogP contribution in [0, 0.1) is 11.3 Å². The van der Waals surface area contributed by atoms with Crippen LogP contribution in [0.2, 0.25) is 0 Å². The molecule has 1 rings (SSSR count). The zero-order chi connectivity index (χ0) is 9.19. The summed E-state index contributed by atoms with van der Waals surface area (Å²) in [6.45, 7) is 6.93. The van der Waals surface area contributed by atoms with Crippen LogP contribution in [0.15, 0.2) is 4.99 Å². The van der Waals surface area contributed by atoms with Gasteiger partial charge in [-0.15, -0.1) is 0 Å². The molecule has 0 unspecified atom stereocenters. The first-order valence-electron chi connectivity index (χ1n) is 4.60. The monoisotopic (exact) mass is 183 g/mol. The van der Waals surface area contributed by atoms with Crippen LogP contribution in [0.3, 0.4) is 0 Å². The lowest BCUT2D eigenvalue weighted by Gasteiger charge is -2.36. The van der Waals surface area contributed by atoms with E-state index in [1.807, 2.05) is 0 Å². The number of hydrogen-bond donors (Lipinski definition) is 0. The minimum atomic E-state index is 0.432. The van der Waals surface area contributed by atoms with Crippen molar-refractivity contribution in [2.45, 2.75) is 46.1 Å². The van der Waals surface area contributed by atoms with Crippen molar-refractivity contribution < 1.29 is 0 Å². The summed E-state index contributed by atoms with van der Waals surface area (Å²) in [5, 5.41) is 2.50. The second-order valence-electron chi connectivity index (χ2n) is 4.79. The van der Waals surface area contributed by atoms with Crippen LogP contribution in [-0.4, -0.2) is 11.2 Å². The van der Waals surface area contributed by atoms with Crippen LogP contribution >= 0.6 is 12.2 Å². The summed E-state index contributed by atoms with van der Waals surface area (Å²) in [5.74, 6) is 0.783. The maximum absolute atomic E-state index is 4.63. The van der Waals surface area contributed by atoms with E-state index in [4.69, 9.17) is 0 Å². The number of rotatable bonds is 1. The van der Waals surface area contributed by atoms with Crippen LogP contribution < -0.4 is 0 Å². The van der Waals surface area contributed by atoms with Gasteiger partial charge in [0.05, 0.1) is 11.2 Å². The Balaban J connectivity index is 2.63. The molecule has 2 atom stereocenters. The van der Waals surface area contributed by atoms with Gasteiger partial charge in [-0.2, -0.15) is 0 Å². The van der Waals surface area contributed by atoms with E-state index in [-0.39, 0.29) is 0 Å². The van der Waals surface area contributed by atoms with E-state index in [1.165, 1.54) is 19.3 Å². The van der Waals surface area contributed by atoms with Gasteiger partial charge in [-0.1, -0.05) is 20.8 Å². The molecule has 1 aliphatic carbocycles. The quantitative estimate of drug-likeness (QED) is 0.449. The van der Waals surface area contributed by atoms with Gasteiger partial charge in [0.2, 0.25) is 0 Å². The molecule has 0 aromatic carbocycles. The van der Waals surface area contributed by atoms with Gasteiger partial charge in [0.15, 0.2) is 0 Å². The van der Waals surface area contributed by atoms with Gasteiger partial charge in [0.1, 0.15) is 0 Å². The molecular weight excluding hydrogens is 166 g/mol. The molecule has 0 aliphatic heterocycles. The topological polar surface area (TPSA) is 12.4 Å². The average molecular weight is 183 g/mol. The summed E-state index contributed by atoms with van der Waals surface area (Å²) in [6, 6.07) is 0.432. The number of isothiocyanates is 1. The molecule has 0 aromatic rings. The molecule has 1 fully saturated rings. The first kappa shape index (κ1) is 9.88. The Labute approximate surface area is 80.3 Å². The lowest BCUT2D eigenvalue weighted by Crippen LogP contribution is -2.29. The smallest absolute Gasteiger partial charge is 0.0610 e. The van der Waals surface area contributed by atoms with Gasteiger partial charge in [0, 0.05) is 0 Å². The first-order chi connectivity index (χ1) is 5.53. The van der Waals surface area contributed by atoms with Crippen molar-refractivity contribution in [2.75, 3.05) is 0 Å². The number of hydrogen-bond acceptors (Lipinski definition) is 2. The fraction of sp³-hybridized carbons (Fsp3) is 0.900. The second-order valence-corrected chi connectivity index (χ2v) is 4.97. The van der Waals surface area contributed by atoms with Crippen molar-refractivity contribution in [3.8, 4) is 0 Å². The Kier molecular flexibility index (Phi) is 3.03. The van der Waals surface area contributed by atoms with Gasteiger partial charge in [-0.05, 0) is 42.8 Å². The summed E-state index contributed by atoms with van der Waals surface area (Å²) in [7, 11) is 0. The van der Waals surface area contributed by atoms with Crippen molar-refractivity contribution in [2.24, 2.45) is 16.3 Å². The number of thiocarbonyl (C=S) groups is 1. The lowest BCUT2D eigenvalue weighted by molar-refractivity contribution is 0.171. The van der Waals surface area contributed by atoms with Crippen LogP contribution in [0.5, 0.6) is 0 Å². The predicted octanol–water partition coefficient (Wildman–Crippen LogP) is 3.30. The van der Waals surface area contributed by atoms with Crippen LogP contribution in [-0.2, 0) is 0 Å². The Hall–Kier alpha value is -0.200. The van der Waals surface area contributed by atoms with Gasteiger partial charge in [-0.3, -0.25) is 0 Å². The molecule has 1 aliphatic rings. The molecule has 0 spiro atoms. The zero-order valence-corrected chi connectivity index (χ0v) is 8.95. The summed E-state index contributed by atoms with van der Waals surface area (Å²) in [5.41, 5.74) is 0.442. The third-order valence-electron chi connectivity index (χ3n) is 2.60. The average Bonchev–Trinajstić information content (AvgIpc) is 1.82. The predicted molar refractivity (Wildman–Crippen MR) is 55.6 cm³/mol. The number of aliphatic imine (C=N–C) groups is 1. The van der Waals surface area contributed by atoms with E-state index in [0.717, 1.165) is 5.92 Å². The Morgan fingerprint density at radius 3 is 2.58 bits per heavy atom. The first-order valence-corrected chi connectivity index (χ1v) is 5.01. The Morgan fingerprint density at radius 1 is 1.42 bits per heavy atom. The molecule has 1 nitrogen and oxygen atoms in total. The molecule has 0 bridgehead atoms. The Morgan fingerprint density at radius 2 is 2.08 bits per heavy atom. The molecule has 68 valence electrons. The fourth-order valence-corrected chi connectivity index (χ4v) is 2.62. The summed E-state index contributed by atoms with van der Waals surface area (Å²) < 4.78 is 0. The SMILES string of the molecule is C[C@H]1C[C@H](N=C=S)CC(C)(C)C1. The highest BCUT2D eigenvalue weighted by atomic mass is 32.1. The molecule has 2 heteroatoms. The van der Waals surface area contributed by atoms with E-state index in [0.29, 0.717) is 11.5 Å². The van der Waals surface area contributed by atoms with Crippen LogP contribution in [0.4, 0.5) is 0 Å². The van der Waals surface area contributed by atoms with E-state index in [9.17, 15) is 0 Å². The van der Waals surface area contributed by atoms with Crippen LogP contribution in [0.25, 0.3) is 0 Å². The molecule has 0 heterocycles. The third-order valence-corrected chi connectivity index (χ3v) is 2.70. The minimum absolute atomic E-state index is 0.432. The highest BCUT2D eigenvalue weighted by Crippen LogP contribution is 2.39. The molecule has 1 saturated carbocycles. The van der Waals surface area contributed by atoms with Gasteiger partial charge in [-0.25, -0.2) is 4.99 Å². The van der Waals surface area contributed by atoms with E-state index in [2.05, 4.69) is 43.1 Å². The van der Waals surface area contributed by atoms with E-state index >= 15 is 0 Å². The van der Waals surface area contributed by atoms with Gasteiger partial charge < -0.3 is 0 Å². The molecular formula is C10H17NS. The van der Waals surface area contributed by atoms with E-state index < -0.39 is 0 Å². The van der Waals surface area contributed by atoms with Crippen molar-refractivity contribution in [1.82, 2.24) is 0 Å². The molecule has 0 amide bonds. The zero-order valence-electron chi connectivity index (χ0n) is 8.13. The highest BCUT2D eigenvalue weighted by molar-refractivity contribution is 7.78. The molecule has 0 aromatic heterocycles. The van der Waals surface area contributed by atoms with E-state index in [1.54, 1.807) is 0 Å². The normalized spacial score (nSPS) is 33.9. The van der Waals surface area contributed by atoms with Crippen molar-refractivity contribution >= 4 is 17.4 Å². The second kappa shape index (κ2) is 3.68. The summed E-state index contributed by atoms with van der Waals surface area (Å²) in [4.78, 5) is 4.19. The third kappa shape index (κ3) is 2.69. The molecule has 0 radical (unpaired) electrons. The number of nitrogens with zero attached hydrogens (tertiary/aromatic N) is 1. The van der Waals surface area contributed by atoms with Crippen molar-refractivity contribution in [3.05, 3.63) is 0 Å². The molecule has 0 saturated heterocycles. The van der Waals surface area contributed by atoms with Crippen molar-refractivity contribution in [1.29, 1.82) is 0 Å². The maximum atomic E-state index is 4.63. The standard InChI is InChI=1S/C10H17NS/c1-8-4-9(11-7-12)6-10(2,3)5-8/h8-9H,4-6H2,1-3H3/t8-,9-/m0/s1. The maximum Gasteiger partial charge on any atom is 0.0610 e. The van der Waals surface area contributed by atoms with Crippen LogP contribution in [0.1, 0.15) is 40.0 Å². The Bertz CT molecular complexity index is 204. The lowest BCUT2D eigenvalue weighted by atomic mass is 9.71. The van der Waals surface area contributed by atoms with Crippen molar-refractivity contribution in [3.63, 3.8) is 0 Å².